The van der Waals surface area contributed by atoms with Crippen molar-refractivity contribution in [2.75, 3.05) is 13.2 Å². The van der Waals surface area contributed by atoms with Gasteiger partial charge in [-0.05, 0) is 0 Å². The fourth-order valence-corrected chi connectivity index (χ4v) is 11.0. The Morgan fingerprint density at radius 3 is 2.71 bits per heavy atom. The molecular formula is C19H22Cl2O2Zr. The van der Waals surface area contributed by atoms with E-state index < -0.39 is 21.3 Å². The van der Waals surface area contributed by atoms with Crippen molar-refractivity contribution in [3.05, 3.63) is 62.7 Å². The Balaban J connectivity index is 0.00000144. The average molecular weight is 445 g/mol. The fourth-order valence-electron chi connectivity index (χ4n) is 3.28. The predicted octanol–water partition coefficient (Wildman–Crippen LogP) is -2.23. The van der Waals surface area contributed by atoms with Gasteiger partial charge in [-0.25, -0.2) is 0 Å². The summed E-state index contributed by atoms with van der Waals surface area (Å²) in [7, 11) is 0. The van der Waals surface area contributed by atoms with Gasteiger partial charge in [-0.15, -0.1) is 0 Å². The van der Waals surface area contributed by atoms with Gasteiger partial charge >= 0.3 is 140 Å². The maximum Gasteiger partial charge on any atom is -1.00 e. The molecule has 0 saturated heterocycles. The van der Waals surface area contributed by atoms with Crippen LogP contribution in [0, 0.1) is 0 Å². The third-order valence-electron chi connectivity index (χ3n) is 4.19. The van der Waals surface area contributed by atoms with E-state index in [1.165, 1.54) is 11.1 Å². The van der Waals surface area contributed by atoms with E-state index in [9.17, 15) is 0 Å². The van der Waals surface area contributed by atoms with E-state index in [0.717, 1.165) is 12.2 Å². The zero-order chi connectivity index (χ0) is 15.5. The molecule has 0 radical (unpaired) electrons. The van der Waals surface area contributed by atoms with Crippen molar-refractivity contribution in [2.45, 2.75) is 23.9 Å². The summed E-state index contributed by atoms with van der Waals surface area (Å²) < 4.78 is 9.42. The monoisotopic (exact) mass is 442 g/mol. The molecule has 0 amide bonds. The second-order valence-electron chi connectivity index (χ2n) is 5.93. The molecule has 2 aliphatic rings. The standard InChI is InChI=1S/C9H7.C7H9O2.C3H6.2ClH.Zr/c1-2-5-9-7-3-6-8(9)4-1;8-5-6-9-7-3-1-2-4-7;1-3-2;;;/h1-7H;3-4,8H,1,5-6H2;1-2H3;2*1H;/q;;;;;+2/p-2. The molecule has 24 heavy (non-hydrogen) atoms. The average Bonchev–Trinajstić information content (AvgIpc) is 3.13. The Bertz CT molecular complexity index is 701. The number of benzene rings is 1. The first-order valence-electron chi connectivity index (χ1n) is 7.80. The molecule has 1 N–H and O–H groups in total. The maximum atomic E-state index is 8.90. The Labute approximate surface area is 164 Å². The van der Waals surface area contributed by atoms with Crippen LogP contribution in [-0.2, 0) is 26.0 Å². The van der Waals surface area contributed by atoms with Crippen LogP contribution in [0.15, 0.2) is 51.5 Å². The summed E-state index contributed by atoms with van der Waals surface area (Å²) in [4.78, 5) is 0. The minimum atomic E-state index is -1.90. The van der Waals surface area contributed by atoms with Gasteiger partial charge in [0.25, 0.3) is 0 Å². The van der Waals surface area contributed by atoms with Crippen molar-refractivity contribution < 1.29 is 55.9 Å². The van der Waals surface area contributed by atoms with Crippen molar-refractivity contribution >= 4 is 9.28 Å². The van der Waals surface area contributed by atoms with Gasteiger partial charge in [0.2, 0.25) is 0 Å². The molecule has 0 aliphatic heterocycles. The van der Waals surface area contributed by atoms with Crippen molar-refractivity contribution in [3.63, 3.8) is 0 Å². The molecule has 0 aromatic heterocycles. The molecule has 128 valence electrons. The Kier molecular flexibility index (Phi) is 8.87. The van der Waals surface area contributed by atoms with E-state index in [1.807, 2.05) is 0 Å². The second kappa shape index (κ2) is 9.87. The zero-order valence-electron chi connectivity index (χ0n) is 13.9. The Hall–Kier alpha value is -0.467. The number of fused-ring (bicyclic) bond motifs is 1. The Morgan fingerprint density at radius 2 is 2.00 bits per heavy atom. The van der Waals surface area contributed by atoms with Crippen LogP contribution in [0.3, 0.4) is 0 Å². The van der Waals surface area contributed by atoms with E-state index in [1.54, 1.807) is 6.49 Å². The van der Waals surface area contributed by atoms with Crippen molar-refractivity contribution in [1.82, 2.24) is 0 Å². The zero-order valence-corrected chi connectivity index (χ0v) is 17.9. The number of aliphatic hydroxyl groups is 1. The third kappa shape index (κ3) is 4.58. The number of ether oxygens (including phenoxy) is 1. The molecule has 0 heterocycles. The molecule has 1 aromatic rings. The van der Waals surface area contributed by atoms with Gasteiger partial charge in [0, 0.05) is 0 Å². The summed E-state index contributed by atoms with van der Waals surface area (Å²) in [6.07, 6.45) is 10.1. The molecule has 5 heteroatoms. The number of allylic oxidation sites excluding steroid dienone is 4. The molecule has 1 atom stereocenters. The Morgan fingerprint density at radius 1 is 1.25 bits per heavy atom. The normalized spacial score (nSPS) is 16.8. The number of halogens is 2. The van der Waals surface area contributed by atoms with Crippen molar-refractivity contribution in [3.8, 4) is 0 Å². The molecule has 0 saturated carbocycles. The first kappa shape index (κ1) is 21.6. The molecule has 1 aromatic carbocycles. The molecule has 2 nitrogen and oxygen atoms in total. The van der Waals surface area contributed by atoms with E-state index in [2.05, 4.69) is 62.4 Å². The van der Waals surface area contributed by atoms with Crippen LogP contribution in [0.2, 0.25) is 0 Å². The van der Waals surface area contributed by atoms with E-state index in [0.29, 0.717) is 10.2 Å². The van der Waals surface area contributed by atoms with Crippen LogP contribution in [0.5, 0.6) is 0 Å². The molecule has 1 unspecified atom stereocenters. The minimum Gasteiger partial charge on any atom is -1.00 e. The fraction of sp³-hybridized carbons (Fsp3) is 0.316. The van der Waals surface area contributed by atoms with Gasteiger partial charge < -0.3 is 24.8 Å². The van der Waals surface area contributed by atoms with Crippen LogP contribution in [0.4, 0.5) is 0 Å². The van der Waals surface area contributed by atoms with Gasteiger partial charge in [-0.3, -0.25) is 0 Å². The number of hydrogen-bond acceptors (Lipinski definition) is 2. The van der Waals surface area contributed by atoms with Gasteiger partial charge in [0.15, 0.2) is 0 Å². The van der Waals surface area contributed by atoms with Crippen molar-refractivity contribution in [2.24, 2.45) is 0 Å². The van der Waals surface area contributed by atoms with Gasteiger partial charge in [-0.2, -0.15) is 0 Å². The van der Waals surface area contributed by atoms with E-state index in [-0.39, 0.29) is 31.4 Å². The molecular weight excluding hydrogens is 422 g/mol. The topological polar surface area (TPSA) is 29.5 Å². The number of rotatable bonds is 5. The first-order valence-corrected chi connectivity index (χ1v) is 11.7. The number of aliphatic hydroxyl groups excluding tert-OH is 1. The predicted molar refractivity (Wildman–Crippen MR) is 88.4 cm³/mol. The minimum absolute atomic E-state index is 0. The van der Waals surface area contributed by atoms with Crippen LogP contribution in [-0.4, -0.2) is 21.5 Å². The van der Waals surface area contributed by atoms with Gasteiger partial charge in [0.1, 0.15) is 0 Å². The smallest absolute Gasteiger partial charge is 1.00 e. The van der Waals surface area contributed by atoms with E-state index >= 15 is 0 Å². The summed E-state index contributed by atoms with van der Waals surface area (Å²) in [5, 5.41) is 8.90. The quantitative estimate of drug-likeness (QED) is 0.558. The second-order valence-corrected chi connectivity index (χ2v) is 13.5. The molecule has 0 fully saturated rings. The molecule has 0 bridgehead atoms. The largest absolute Gasteiger partial charge is 1.00 e. The summed E-state index contributed by atoms with van der Waals surface area (Å²) in [5.74, 6) is 0.943. The molecule has 0 spiro atoms. The van der Waals surface area contributed by atoms with Crippen LogP contribution in [0.25, 0.3) is 6.08 Å². The van der Waals surface area contributed by atoms with Gasteiger partial charge in [-0.1, -0.05) is 0 Å². The summed E-state index contributed by atoms with van der Waals surface area (Å²) in [6, 6.07) is 8.78. The van der Waals surface area contributed by atoms with Crippen LogP contribution in [0.1, 0.15) is 35.0 Å². The van der Waals surface area contributed by atoms with Gasteiger partial charge in [0.05, 0.1) is 0 Å². The van der Waals surface area contributed by atoms with Crippen LogP contribution >= 0.6 is 0 Å². The third-order valence-corrected chi connectivity index (χ3v) is 12.2. The van der Waals surface area contributed by atoms with E-state index in [4.69, 9.17) is 9.84 Å². The van der Waals surface area contributed by atoms with Crippen LogP contribution < -0.4 is 24.8 Å². The summed E-state index contributed by atoms with van der Waals surface area (Å²) >= 11 is -1.90. The SMILES string of the molecule is C[C](C)=[Zr+2]([C]1=CC(OCCO)=CC1)[CH]1C=Cc2ccccc21.[Cl-].[Cl-]. The van der Waals surface area contributed by atoms with Crippen molar-refractivity contribution in [1.29, 1.82) is 0 Å². The maximum absolute atomic E-state index is 8.90. The number of hydrogen-bond donors (Lipinski definition) is 1. The molecule has 3 rings (SSSR count). The first-order chi connectivity index (χ1) is 10.7. The molecule has 2 aliphatic carbocycles. The summed E-state index contributed by atoms with van der Waals surface area (Å²) in [5.41, 5.74) is 2.89. The summed E-state index contributed by atoms with van der Waals surface area (Å²) in [6.45, 7) is 5.06.